The van der Waals surface area contributed by atoms with Gasteiger partial charge in [0, 0.05) is 18.1 Å². The molecule has 0 aromatic heterocycles. The van der Waals surface area contributed by atoms with E-state index in [-0.39, 0.29) is 23.9 Å². The van der Waals surface area contributed by atoms with E-state index < -0.39 is 5.82 Å². The smallest absolute Gasteiger partial charge is 0.256 e. The maximum atomic E-state index is 13.7. The van der Waals surface area contributed by atoms with Gasteiger partial charge in [-0.1, -0.05) is 11.6 Å². The van der Waals surface area contributed by atoms with Crippen LogP contribution in [0, 0.1) is 11.7 Å². The molecule has 1 amide bonds. The van der Waals surface area contributed by atoms with Crippen molar-refractivity contribution in [3.05, 3.63) is 34.6 Å². The highest BCUT2D eigenvalue weighted by Crippen LogP contribution is 2.20. The van der Waals surface area contributed by atoms with Crippen LogP contribution in [-0.2, 0) is 0 Å². The second kappa shape index (κ2) is 7.08. The second-order valence-electron chi connectivity index (χ2n) is 4.62. The number of nitrogens with zero attached hydrogens (tertiary/aromatic N) is 1. The first-order chi connectivity index (χ1) is 8.61. The van der Waals surface area contributed by atoms with Gasteiger partial charge >= 0.3 is 0 Å². The number of carbonyl (C=O) groups excluding carboxylic acids is 1. The Morgan fingerprint density at radius 2 is 2.26 bits per heavy atom. The van der Waals surface area contributed by atoms with Crippen LogP contribution in [0.1, 0.15) is 23.2 Å². The van der Waals surface area contributed by atoms with Crippen LogP contribution in [0.4, 0.5) is 4.39 Å². The molecule has 0 spiro atoms. The summed E-state index contributed by atoms with van der Waals surface area (Å²) in [5.41, 5.74) is 5.71. The minimum absolute atomic E-state index is 0. The molecule has 0 bridgehead atoms. The molecule has 0 aliphatic carbocycles. The molecule has 1 heterocycles. The van der Waals surface area contributed by atoms with Crippen molar-refractivity contribution in [3.63, 3.8) is 0 Å². The van der Waals surface area contributed by atoms with Crippen LogP contribution in [0.25, 0.3) is 0 Å². The van der Waals surface area contributed by atoms with Gasteiger partial charge in [0.25, 0.3) is 5.91 Å². The van der Waals surface area contributed by atoms with E-state index in [1.54, 1.807) is 4.90 Å². The molecule has 0 radical (unpaired) electrons. The van der Waals surface area contributed by atoms with E-state index in [1.165, 1.54) is 18.2 Å². The number of carbonyl (C=O) groups is 1. The largest absolute Gasteiger partial charge is 0.338 e. The first kappa shape index (κ1) is 16.2. The topological polar surface area (TPSA) is 46.3 Å². The molecule has 1 aliphatic heterocycles. The Morgan fingerprint density at radius 3 is 2.89 bits per heavy atom. The van der Waals surface area contributed by atoms with E-state index >= 15 is 0 Å². The lowest BCUT2D eigenvalue weighted by atomic mass is 9.97. The van der Waals surface area contributed by atoms with Crippen LogP contribution in [0.3, 0.4) is 0 Å². The van der Waals surface area contributed by atoms with Gasteiger partial charge in [0.2, 0.25) is 0 Å². The molecule has 1 aliphatic rings. The number of benzene rings is 1. The van der Waals surface area contributed by atoms with Gasteiger partial charge in [0.1, 0.15) is 5.82 Å². The molecule has 1 atom stereocenters. The van der Waals surface area contributed by atoms with Gasteiger partial charge in [-0.05, 0) is 43.5 Å². The number of hydrogen-bond acceptors (Lipinski definition) is 2. The van der Waals surface area contributed by atoms with E-state index in [1.807, 2.05) is 0 Å². The van der Waals surface area contributed by atoms with Crippen molar-refractivity contribution in [3.8, 4) is 0 Å². The summed E-state index contributed by atoms with van der Waals surface area (Å²) >= 11 is 5.67. The summed E-state index contributed by atoms with van der Waals surface area (Å²) in [6.45, 7) is 1.83. The SMILES string of the molecule is Cl.NCC1CCCN(C(=O)c2ccc(Cl)cc2F)C1. The molecule has 1 unspecified atom stereocenters. The van der Waals surface area contributed by atoms with E-state index in [2.05, 4.69) is 0 Å². The first-order valence-corrected chi connectivity index (χ1v) is 6.44. The van der Waals surface area contributed by atoms with Crippen molar-refractivity contribution < 1.29 is 9.18 Å². The van der Waals surface area contributed by atoms with Crippen molar-refractivity contribution in [1.82, 2.24) is 4.90 Å². The van der Waals surface area contributed by atoms with Gasteiger partial charge in [-0.3, -0.25) is 4.79 Å². The van der Waals surface area contributed by atoms with Crippen LogP contribution in [0.5, 0.6) is 0 Å². The van der Waals surface area contributed by atoms with Gasteiger partial charge in [0.15, 0.2) is 0 Å². The van der Waals surface area contributed by atoms with Crippen molar-refractivity contribution in [1.29, 1.82) is 0 Å². The van der Waals surface area contributed by atoms with Crippen LogP contribution < -0.4 is 5.73 Å². The fourth-order valence-corrected chi connectivity index (χ4v) is 2.43. The van der Waals surface area contributed by atoms with Crippen molar-refractivity contribution in [2.24, 2.45) is 11.7 Å². The third-order valence-electron chi connectivity index (χ3n) is 3.30. The number of amides is 1. The predicted octanol–water partition coefficient (Wildman–Crippen LogP) is 2.71. The average Bonchev–Trinajstić information content (AvgIpc) is 2.38. The zero-order valence-electron chi connectivity index (χ0n) is 10.4. The number of rotatable bonds is 2. The van der Waals surface area contributed by atoms with Gasteiger partial charge in [-0.2, -0.15) is 0 Å². The Labute approximate surface area is 123 Å². The van der Waals surface area contributed by atoms with Crippen molar-refractivity contribution in [2.75, 3.05) is 19.6 Å². The number of hydrogen-bond donors (Lipinski definition) is 1. The average molecular weight is 307 g/mol. The Balaban J connectivity index is 0.00000180. The first-order valence-electron chi connectivity index (χ1n) is 6.06. The minimum Gasteiger partial charge on any atom is -0.338 e. The second-order valence-corrected chi connectivity index (χ2v) is 5.06. The lowest BCUT2D eigenvalue weighted by molar-refractivity contribution is 0.0673. The molecule has 1 aromatic rings. The number of nitrogens with two attached hydrogens (primary N) is 1. The molecule has 0 saturated carbocycles. The molecule has 1 aromatic carbocycles. The number of piperidine rings is 1. The van der Waals surface area contributed by atoms with E-state index in [9.17, 15) is 9.18 Å². The quantitative estimate of drug-likeness (QED) is 0.913. The zero-order valence-corrected chi connectivity index (χ0v) is 12.0. The van der Waals surface area contributed by atoms with Crippen LogP contribution in [0.15, 0.2) is 18.2 Å². The van der Waals surface area contributed by atoms with Gasteiger partial charge < -0.3 is 10.6 Å². The van der Waals surface area contributed by atoms with E-state index in [4.69, 9.17) is 17.3 Å². The molecule has 2 N–H and O–H groups in total. The summed E-state index contributed by atoms with van der Waals surface area (Å²) < 4.78 is 13.7. The van der Waals surface area contributed by atoms with Gasteiger partial charge in [-0.25, -0.2) is 4.39 Å². The highest BCUT2D eigenvalue weighted by molar-refractivity contribution is 6.30. The summed E-state index contributed by atoms with van der Waals surface area (Å²) in [4.78, 5) is 13.9. The third-order valence-corrected chi connectivity index (χ3v) is 3.54. The molecular weight excluding hydrogens is 290 g/mol. The molecular formula is C13H17Cl2FN2O. The summed E-state index contributed by atoms with van der Waals surface area (Å²) in [5, 5.41) is 0.294. The fraction of sp³-hybridized carbons (Fsp3) is 0.462. The Kier molecular flexibility index (Phi) is 6.04. The van der Waals surface area contributed by atoms with Crippen LogP contribution in [-0.4, -0.2) is 30.4 Å². The number of halogens is 3. The molecule has 19 heavy (non-hydrogen) atoms. The van der Waals surface area contributed by atoms with Crippen LogP contribution >= 0.6 is 24.0 Å². The minimum atomic E-state index is -0.567. The Bertz CT molecular complexity index is 456. The van der Waals surface area contributed by atoms with Crippen LogP contribution in [0.2, 0.25) is 5.02 Å². The summed E-state index contributed by atoms with van der Waals surface area (Å²) in [6, 6.07) is 4.13. The monoisotopic (exact) mass is 306 g/mol. The molecule has 1 fully saturated rings. The maximum Gasteiger partial charge on any atom is 0.256 e. The highest BCUT2D eigenvalue weighted by atomic mass is 35.5. The van der Waals surface area contributed by atoms with Gasteiger partial charge in [-0.15, -0.1) is 12.4 Å². The zero-order chi connectivity index (χ0) is 13.1. The third kappa shape index (κ3) is 3.81. The Hall–Kier alpha value is -0.840. The summed E-state index contributed by atoms with van der Waals surface area (Å²) in [6.07, 6.45) is 1.95. The van der Waals surface area contributed by atoms with Crippen molar-refractivity contribution >= 4 is 29.9 Å². The summed E-state index contributed by atoms with van der Waals surface area (Å²) in [7, 11) is 0. The highest BCUT2D eigenvalue weighted by Gasteiger charge is 2.25. The standard InChI is InChI=1S/C13H16ClFN2O.ClH/c14-10-3-4-11(12(15)6-10)13(18)17-5-1-2-9(7-16)8-17;/h3-4,6,9H,1-2,5,7-8,16H2;1H. The summed E-state index contributed by atoms with van der Waals surface area (Å²) in [5.74, 6) is -0.525. The van der Waals surface area contributed by atoms with Crippen molar-refractivity contribution in [2.45, 2.75) is 12.8 Å². The Morgan fingerprint density at radius 1 is 1.53 bits per heavy atom. The lowest BCUT2D eigenvalue weighted by Gasteiger charge is -2.32. The van der Waals surface area contributed by atoms with E-state index in [0.717, 1.165) is 12.8 Å². The molecule has 1 saturated heterocycles. The molecule has 2 rings (SSSR count). The maximum absolute atomic E-state index is 13.7. The van der Waals surface area contributed by atoms with E-state index in [0.29, 0.717) is 30.6 Å². The molecule has 106 valence electrons. The number of likely N-dealkylation sites (tertiary alicyclic amines) is 1. The van der Waals surface area contributed by atoms with Gasteiger partial charge in [0.05, 0.1) is 5.56 Å². The fourth-order valence-electron chi connectivity index (χ4n) is 2.28. The molecule has 6 heteroatoms. The lowest BCUT2D eigenvalue weighted by Crippen LogP contribution is -2.42. The molecule has 3 nitrogen and oxygen atoms in total. The normalized spacial score (nSPS) is 18.9. The predicted molar refractivity (Wildman–Crippen MR) is 76.3 cm³/mol.